The first-order valence-electron chi connectivity index (χ1n) is 11.8. The van der Waals surface area contributed by atoms with Crippen molar-refractivity contribution in [1.29, 1.82) is 0 Å². The summed E-state index contributed by atoms with van der Waals surface area (Å²) in [7, 11) is 0. The summed E-state index contributed by atoms with van der Waals surface area (Å²) in [5.41, 5.74) is 2.45. The van der Waals surface area contributed by atoms with E-state index in [9.17, 15) is 27.5 Å². The number of hydrogen-bond acceptors (Lipinski definition) is 5. The number of carbonyl (C=O) groups excluding carboxylic acids is 1. The molecule has 1 fully saturated rings. The van der Waals surface area contributed by atoms with Gasteiger partial charge in [0.25, 0.3) is 11.8 Å². The first-order chi connectivity index (χ1) is 17.0. The van der Waals surface area contributed by atoms with Crippen molar-refractivity contribution in [2.75, 3.05) is 18.0 Å². The molecule has 5 nitrogen and oxygen atoms in total. The zero-order valence-electron chi connectivity index (χ0n) is 19.8. The number of benzene rings is 2. The van der Waals surface area contributed by atoms with Crippen molar-refractivity contribution in [3.63, 3.8) is 0 Å². The smallest absolute Gasteiger partial charge is 0.298 e. The fraction of sp³-hybridized carbons (Fsp3) is 0.370. The number of rotatable bonds is 8. The maximum absolute atomic E-state index is 13.9. The van der Waals surface area contributed by atoms with Crippen molar-refractivity contribution >= 4 is 11.6 Å². The average molecular weight is 502 g/mol. The van der Waals surface area contributed by atoms with Crippen molar-refractivity contribution < 1.29 is 27.5 Å². The molecule has 1 N–H and O–H groups in total. The van der Waals surface area contributed by atoms with Gasteiger partial charge in [0, 0.05) is 62.3 Å². The maximum atomic E-state index is 13.9. The Hall–Kier alpha value is -3.33. The van der Waals surface area contributed by atoms with E-state index in [0.29, 0.717) is 17.1 Å². The van der Waals surface area contributed by atoms with Crippen LogP contribution < -0.4 is 4.90 Å². The van der Waals surface area contributed by atoms with Gasteiger partial charge >= 0.3 is 0 Å². The summed E-state index contributed by atoms with van der Waals surface area (Å²) < 4.78 is 55.0. The number of carbonyl (C=O) groups is 1. The van der Waals surface area contributed by atoms with Gasteiger partial charge in [0.15, 0.2) is 5.82 Å². The van der Waals surface area contributed by atoms with Crippen molar-refractivity contribution in [2.45, 2.75) is 50.6 Å². The number of hydrogen-bond donors (Lipinski definition) is 1. The lowest BCUT2D eigenvalue weighted by Gasteiger charge is -2.33. The number of aliphatic hydroxyl groups is 1. The van der Waals surface area contributed by atoms with Gasteiger partial charge in [-0.25, -0.2) is 13.8 Å². The number of nitrogens with zero attached hydrogens (tertiary/aromatic N) is 3. The van der Waals surface area contributed by atoms with E-state index in [1.807, 2.05) is 29.2 Å². The van der Waals surface area contributed by atoms with E-state index in [0.717, 1.165) is 18.1 Å². The van der Waals surface area contributed by atoms with Crippen LogP contribution in [0.3, 0.4) is 0 Å². The molecule has 2 aromatic carbocycles. The van der Waals surface area contributed by atoms with Crippen molar-refractivity contribution in [3.8, 4) is 11.3 Å². The lowest BCUT2D eigenvalue weighted by molar-refractivity contribution is -0.117. The number of Topliss-reactive ketones (excluding diaryl/α,β-unsaturated/α-hetero) is 1. The number of ketones is 1. The summed E-state index contributed by atoms with van der Waals surface area (Å²) in [6.45, 7) is 1.43. The second-order valence-corrected chi connectivity index (χ2v) is 9.16. The molecule has 0 spiro atoms. The molecule has 3 aromatic rings. The van der Waals surface area contributed by atoms with Gasteiger partial charge in [0.05, 0.1) is 0 Å². The third-order valence-corrected chi connectivity index (χ3v) is 6.37. The number of anilines is 1. The molecule has 0 amide bonds. The second-order valence-electron chi connectivity index (χ2n) is 9.16. The minimum Gasteiger partial charge on any atom is -0.387 e. The van der Waals surface area contributed by atoms with Crippen LogP contribution in [0.2, 0.25) is 0 Å². The SMILES string of the molecule is CC(O)C(F)(F)c1ccc(CC(=O)Cc2ccc(-c3nccnc3N3CCC(F)(F)CC3)cc2)cc1. The van der Waals surface area contributed by atoms with Crippen molar-refractivity contribution in [2.24, 2.45) is 0 Å². The van der Waals surface area contributed by atoms with Crippen LogP contribution in [0.5, 0.6) is 0 Å². The maximum Gasteiger partial charge on any atom is 0.298 e. The highest BCUT2D eigenvalue weighted by Crippen LogP contribution is 2.34. The average Bonchev–Trinajstić information content (AvgIpc) is 2.85. The molecule has 1 aliphatic heterocycles. The summed E-state index contributed by atoms with van der Waals surface area (Å²) in [6.07, 6.45) is 1.09. The number of piperidine rings is 1. The standard InChI is InChI=1S/C27H27F4N3O2/c1-18(35)27(30,31)22-8-4-20(5-9-22)17-23(36)16-19-2-6-21(7-3-19)24-25(33-13-12-32-24)34-14-10-26(28,29)11-15-34/h2-9,12-13,18,35H,10-11,14-17H2,1H3. The Morgan fingerprint density at radius 3 is 2.06 bits per heavy atom. The van der Waals surface area contributed by atoms with Crippen LogP contribution in [0.1, 0.15) is 36.5 Å². The molecule has 1 aromatic heterocycles. The third kappa shape index (κ3) is 5.90. The van der Waals surface area contributed by atoms with E-state index in [2.05, 4.69) is 9.97 Å². The number of alkyl halides is 4. The van der Waals surface area contributed by atoms with Crippen molar-refractivity contribution in [3.05, 3.63) is 77.6 Å². The topological polar surface area (TPSA) is 66.3 Å². The summed E-state index contributed by atoms with van der Waals surface area (Å²) in [4.78, 5) is 23.2. The summed E-state index contributed by atoms with van der Waals surface area (Å²) in [6, 6.07) is 12.7. The van der Waals surface area contributed by atoms with Crippen LogP contribution in [0.4, 0.5) is 23.4 Å². The van der Waals surface area contributed by atoms with Crippen LogP contribution in [0.25, 0.3) is 11.3 Å². The minimum atomic E-state index is -3.35. The Kier molecular flexibility index (Phi) is 7.40. The monoisotopic (exact) mass is 501 g/mol. The highest BCUT2D eigenvalue weighted by molar-refractivity contribution is 5.83. The van der Waals surface area contributed by atoms with Crippen LogP contribution in [-0.2, 0) is 23.6 Å². The minimum absolute atomic E-state index is 0.0766. The zero-order valence-corrected chi connectivity index (χ0v) is 19.8. The van der Waals surface area contributed by atoms with Gasteiger partial charge in [0.1, 0.15) is 17.6 Å². The van der Waals surface area contributed by atoms with Crippen LogP contribution in [0.15, 0.2) is 60.9 Å². The normalized spacial score (nSPS) is 16.6. The summed E-state index contributed by atoms with van der Waals surface area (Å²) >= 11 is 0. The molecule has 0 bridgehead atoms. The van der Waals surface area contributed by atoms with Gasteiger partial charge in [-0.3, -0.25) is 9.78 Å². The molecule has 0 aliphatic carbocycles. The Morgan fingerprint density at radius 2 is 1.50 bits per heavy atom. The zero-order chi connectivity index (χ0) is 25.9. The molecular formula is C27H27F4N3O2. The molecule has 190 valence electrons. The third-order valence-electron chi connectivity index (χ3n) is 6.37. The van der Waals surface area contributed by atoms with E-state index < -0.39 is 17.9 Å². The predicted octanol–water partition coefficient (Wildman–Crippen LogP) is 5.21. The summed E-state index contributed by atoms with van der Waals surface area (Å²) in [5.74, 6) is -5.53. The van der Waals surface area contributed by atoms with Crippen molar-refractivity contribution in [1.82, 2.24) is 9.97 Å². The molecular weight excluding hydrogens is 474 g/mol. The molecule has 9 heteroatoms. The second kappa shape index (κ2) is 10.3. The largest absolute Gasteiger partial charge is 0.387 e. The molecule has 1 saturated heterocycles. The van der Waals surface area contributed by atoms with Crippen LogP contribution in [-0.4, -0.2) is 46.0 Å². The number of aliphatic hydroxyl groups excluding tert-OH is 1. The Morgan fingerprint density at radius 1 is 0.972 bits per heavy atom. The fourth-order valence-electron chi connectivity index (χ4n) is 4.20. The Bertz CT molecular complexity index is 1190. The Balaban J connectivity index is 1.40. The lowest BCUT2D eigenvalue weighted by Crippen LogP contribution is -2.40. The fourth-order valence-corrected chi connectivity index (χ4v) is 4.20. The number of aromatic nitrogens is 2. The molecule has 0 saturated carbocycles. The molecule has 1 unspecified atom stereocenters. The highest BCUT2D eigenvalue weighted by atomic mass is 19.3. The number of halogens is 4. The molecule has 1 aliphatic rings. The predicted molar refractivity (Wildman–Crippen MR) is 128 cm³/mol. The molecule has 1 atom stereocenters. The van der Waals surface area contributed by atoms with Gasteiger partial charge in [0.2, 0.25) is 0 Å². The van der Waals surface area contributed by atoms with Gasteiger partial charge < -0.3 is 10.0 Å². The van der Waals surface area contributed by atoms with E-state index in [1.165, 1.54) is 30.5 Å². The van der Waals surface area contributed by atoms with Crippen LogP contribution in [0, 0.1) is 0 Å². The first-order valence-corrected chi connectivity index (χ1v) is 11.8. The van der Waals surface area contributed by atoms with E-state index in [-0.39, 0.29) is 50.1 Å². The van der Waals surface area contributed by atoms with E-state index in [4.69, 9.17) is 0 Å². The van der Waals surface area contributed by atoms with Gasteiger partial charge in [-0.1, -0.05) is 48.5 Å². The van der Waals surface area contributed by atoms with Gasteiger partial charge in [-0.05, 0) is 18.1 Å². The Labute approximate surface area is 206 Å². The lowest BCUT2D eigenvalue weighted by atomic mass is 9.98. The molecule has 0 radical (unpaired) electrons. The van der Waals surface area contributed by atoms with Crippen LogP contribution >= 0.6 is 0 Å². The van der Waals surface area contributed by atoms with E-state index in [1.54, 1.807) is 6.20 Å². The highest BCUT2D eigenvalue weighted by Gasteiger charge is 2.37. The van der Waals surface area contributed by atoms with E-state index >= 15 is 0 Å². The summed E-state index contributed by atoms with van der Waals surface area (Å²) in [5, 5.41) is 9.26. The van der Waals surface area contributed by atoms with Gasteiger partial charge in [-0.15, -0.1) is 0 Å². The van der Waals surface area contributed by atoms with Gasteiger partial charge in [-0.2, -0.15) is 8.78 Å². The first kappa shape index (κ1) is 25.8. The molecule has 2 heterocycles. The molecule has 36 heavy (non-hydrogen) atoms. The quantitative estimate of drug-likeness (QED) is 0.430. The molecule has 4 rings (SSSR count).